The number of hydrogen-bond acceptors (Lipinski definition) is 5. The van der Waals surface area contributed by atoms with E-state index in [4.69, 9.17) is 14.7 Å². The molecule has 1 amide bonds. The van der Waals surface area contributed by atoms with Crippen LogP contribution >= 0.6 is 15.9 Å². The van der Waals surface area contributed by atoms with Gasteiger partial charge in [-0.1, -0.05) is 6.07 Å². The Hall–Kier alpha value is -2.59. The van der Waals surface area contributed by atoms with E-state index >= 15 is 0 Å². The molecule has 0 saturated heterocycles. The largest absolute Gasteiger partial charge is 0.495 e. The minimum absolute atomic E-state index is 0.205. The van der Waals surface area contributed by atoms with Crippen molar-refractivity contribution < 1.29 is 14.3 Å². The molecule has 2 rings (SSSR count). The van der Waals surface area contributed by atoms with Gasteiger partial charge in [-0.15, -0.1) is 0 Å². The smallest absolute Gasteiger partial charge is 0.254 e. The van der Waals surface area contributed by atoms with Gasteiger partial charge in [0.05, 0.1) is 26.7 Å². The average Bonchev–Trinajstić information content (AvgIpc) is 2.65. The van der Waals surface area contributed by atoms with Crippen molar-refractivity contribution in [3.63, 3.8) is 0 Å². The van der Waals surface area contributed by atoms with Crippen molar-refractivity contribution >= 4 is 21.8 Å². The van der Waals surface area contributed by atoms with Crippen LogP contribution in [0.4, 0.5) is 0 Å². The monoisotopic (exact) mass is 403 g/mol. The van der Waals surface area contributed by atoms with E-state index in [1.165, 1.54) is 14.2 Å². The second kappa shape index (κ2) is 9.04. The van der Waals surface area contributed by atoms with Crippen LogP contribution in [0.25, 0.3) is 0 Å². The molecule has 1 aromatic carbocycles. The summed E-state index contributed by atoms with van der Waals surface area (Å²) in [5.41, 5.74) is 1.32. The lowest BCUT2D eigenvalue weighted by atomic mass is 10.1. The van der Waals surface area contributed by atoms with Crippen LogP contribution in [-0.2, 0) is 6.54 Å². The highest BCUT2D eigenvalue weighted by molar-refractivity contribution is 9.10. The number of benzene rings is 1. The second-order valence-corrected chi connectivity index (χ2v) is 5.98. The zero-order valence-corrected chi connectivity index (χ0v) is 15.6. The van der Waals surface area contributed by atoms with Gasteiger partial charge in [-0.25, -0.2) is 0 Å². The van der Waals surface area contributed by atoms with Crippen LogP contribution in [0, 0.1) is 11.3 Å². The van der Waals surface area contributed by atoms with Gasteiger partial charge in [-0.05, 0) is 39.7 Å². The van der Waals surface area contributed by atoms with E-state index < -0.39 is 0 Å². The van der Waals surface area contributed by atoms with Gasteiger partial charge < -0.3 is 14.4 Å². The fourth-order valence-electron chi connectivity index (χ4n) is 2.32. The summed E-state index contributed by atoms with van der Waals surface area (Å²) in [6.07, 6.45) is 3.63. The molecule has 0 aliphatic heterocycles. The second-order valence-electron chi connectivity index (χ2n) is 5.19. The first-order chi connectivity index (χ1) is 12.1. The summed E-state index contributed by atoms with van der Waals surface area (Å²) in [7, 11) is 3.05. The van der Waals surface area contributed by atoms with E-state index in [0.29, 0.717) is 34.6 Å². The molecule has 0 fully saturated rings. The minimum atomic E-state index is -0.205. The molecule has 0 spiro atoms. The lowest BCUT2D eigenvalue weighted by Crippen LogP contribution is -2.31. The van der Waals surface area contributed by atoms with Crippen LogP contribution in [-0.4, -0.2) is 36.6 Å². The van der Waals surface area contributed by atoms with E-state index in [1.807, 2.05) is 12.1 Å². The average molecular weight is 404 g/mol. The summed E-state index contributed by atoms with van der Waals surface area (Å²) in [6.45, 7) is 0.694. The molecule has 0 saturated carbocycles. The predicted molar refractivity (Wildman–Crippen MR) is 96.5 cm³/mol. The van der Waals surface area contributed by atoms with Crippen LogP contribution in [0.3, 0.4) is 0 Å². The van der Waals surface area contributed by atoms with Crippen molar-refractivity contribution in [2.45, 2.75) is 13.0 Å². The Morgan fingerprint density at radius 2 is 2.00 bits per heavy atom. The molecule has 130 valence electrons. The molecule has 7 heteroatoms. The quantitative estimate of drug-likeness (QED) is 0.707. The molecule has 0 radical (unpaired) electrons. The number of rotatable bonds is 7. The Kier molecular flexibility index (Phi) is 6.78. The maximum Gasteiger partial charge on any atom is 0.254 e. The third kappa shape index (κ3) is 4.70. The molecule has 0 N–H and O–H groups in total. The molecule has 2 aromatic rings. The zero-order valence-electron chi connectivity index (χ0n) is 14.0. The molecular formula is C18H18BrN3O3. The summed E-state index contributed by atoms with van der Waals surface area (Å²) in [6, 6.07) is 9.08. The van der Waals surface area contributed by atoms with Crippen molar-refractivity contribution in [3.05, 3.63) is 52.3 Å². The maximum atomic E-state index is 13.0. The van der Waals surface area contributed by atoms with Gasteiger partial charge in [-0.2, -0.15) is 5.26 Å². The van der Waals surface area contributed by atoms with Crippen LogP contribution in [0.5, 0.6) is 11.5 Å². The van der Waals surface area contributed by atoms with Crippen LogP contribution in [0.1, 0.15) is 22.3 Å². The molecule has 1 heterocycles. The first-order valence-electron chi connectivity index (χ1n) is 7.57. The van der Waals surface area contributed by atoms with Gasteiger partial charge in [0.2, 0.25) is 0 Å². The maximum absolute atomic E-state index is 13.0. The summed E-state index contributed by atoms with van der Waals surface area (Å²) < 4.78 is 11.2. The minimum Gasteiger partial charge on any atom is -0.495 e. The summed E-state index contributed by atoms with van der Waals surface area (Å²) >= 11 is 3.39. The van der Waals surface area contributed by atoms with Crippen LogP contribution in [0.2, 0.25) is 0 Å². The van der Waals surface area contributed by atoms with E-state index in [-0.39, 0.29) is 12.3 Å². The van der Waals surface area contributed by atoms with Gasteiger partial charge in [0.25, 0.3) is 5.91 Å². The molecule has 25 heavy (non-hydrogen) atoms. The Morgan fingerprint density at radius 3 is 2.52 bits per heavy atom. The van der Waals surface area contributed by atoms with Crippen molar-refractivity contribution in [2.24, 2.45) is 0 Å². The van der Waals surface area contributed by atoms with Crippen molar-refractivity contribution in [1.82, 2.24) is 9.88 Å². The molecule has 0 bridgehead atoms. The zero-order chi connectivity index (χ0) is 18.2. The number of nitriles is 1. The molecule has 0 unspecified atom stereocenters. The number of amides is 1. The van der Waals surface area contributed by atoms with Gasteiger partial charge in [0.15, 0.2) is 0 Å². The number of carbonyl (C=O) groups is 1. The summed E-state index contributed by atoms with van der Waals surface area (Å²) in [5.74, 6) is 0.803. The molecular weight excluding hydrogens is 386 g/mol. The van der Waals surface area contributed by atoms with Crippen molar-refractivity contribution in [1.29, 1.82) is 5.26 Å². The van der Waals surface area contributed by atoms with E-state index in [9.17, 15) is 4.79 Å². The Balaban J connectivity index is 2.34. The Bertz CT molecular complexity index is 750. The number of methoxy groups -OCH3 is 2. The molecule has 0 aliphatic carbocycles. The molecule has 0 atom stereocenters. The Labute approximate surface area is 155 Å². The van der Waals surface area contributed by atoms with E-state index in [1.54, 1.807) is 29.4 Å². The number of nitrogens with zero attached hydrogens (tertiary/aromatic N) is 3. The van der Waals surface area contributed by atoms with Gasteiger partial charge in [-0.3, -0.25) is 9.78 Å². The van der Waals surface area contributed by atoms with E-state index in [0.717, 1.165) is 5.56 Å². The fraction of sp³-hybridized carbons (Fsp3) is 0.278. The predicted octanol–water partition coefficient (Wildman–Crippen LogP) is 3.42. The number of aromatic nitrogens is 1. The number of hydrogen-bond donors (Lipinski definition) is 0. The number of pyridine rings is 1. The lowest BCUT2D eigenvalue weighted by Gasteiger charge is -2.22. The van der Waals surface area contributed by atoms with Crippen molar-refractivity contribution in [2.75, 3.05) is 20.8 Å². The third-order valence-electron chi connectivity index (χ3n) is 3.57. The highest BCUT2D eigenvalue weighted by Crippen LogP contribution is 2.36. The highest BCUT2D eigenvalue weighted by Gasteiger charge is 2.20. The SMILES string of the molecule is COc1cc(C(=O)N(CCC#N)Cc2cccnc2)cc(OC)c1Br. The molecule has 0 aliphatic rings. The number of carbonyl (C=O) groups excluding carboxylic acids is 1. The van der Waals surface area contributed by atoms with Crippen LogP contribution in [0.15, 0.2) is 41.1 Å². The van der Waals surface area contributed by atoms with Crippen molar-refractivity contribution in [3.8, 4) is 17.6 Å². The summed E-state index contributed by atoms with van der Waals surface area (Å²) in [4.78, 5) is 18.7. The first-order valence-corrected chi connectivity index (χ1v) is 8.36. The van der Waals surface area contributed by atoms with E-state index in [2.05, 4.69) is 27.0 Å². The topological polar surface area (TPSA) is 75.5 Å². The number of ether oxygens (including phenoxy) is 2. The lowest BCUT2D eigenvalue weighted by molar-refractivity contribution is 0.0746. The van der Waals surface area contributed by atoms with Gasteiger partial charge >= 0.3 is 0 Å². The van der Waals surface area contributed by atoms with Gasteiger partial charge in [0, 0.05) is 31.0 Å². The Morgan fingerprint density at radius 1 is 1.32 bits per heavy atom. The number of halogens is 1. The molecule has 6 nitrogen and oxygen atoms in total. The van der Waals surface area contributed by atoms with Gasteiger partial charge in [0.1, 0.15) is 16.0 Å². The first kappa shape index (κ1) is 18.7. The standard InChI is InChI=1S/C18H18BrN3O3/c1-24-15-9-14(10-16(25-2)17(15)19)18(23)22(8-4-6-20)12-13-5-3-7-21-11-13/h3,5,7,9-11H,4,8,12H2,1-2H3. The highest BCUT2D eigenvalue weighted by atomic mass is 79.9. The third-order valence-corrected chi connectivity index (χ3v) is 4.35. The molecule has 1 aromatic heterocycles. The summed E-state index contributed by atoms with van der Waals surface area (Å²) in [5, 5.41) is 8.89. The normalized spacial score (nSPS) is 10.0. The fourth-order valence-corrected chi connectivity index (χ4v) is 2.88. The van der Waals surface area contributed by atoms with Crippen LogP contribution < -0.4 is 9.47 Å².